The van der Waals surface area contributed by atoms with Crippen LogP contribution in [0.3, 0.4) is 0 Å². The Morgan fingerprint density at radius 3 is 2.44 bits per heavy atom. The normalized spacial score (nSPS) is 10.1. The van der Waals surface area contributed by atoms with E-state index in [2.05, 4.69) is 4.98 Å². The Balaban J connectivity index is 2.84. The van der Waals surface area contributed by atoms with Crippen molar-refractivity contribution in [3.8, 4) is 0 Å². The molecule has 0 unspecified atom stereocenters. The van der Waals surface area contributed by atoms with Gasteiger partial charge >= 0.3 is 0 Å². The number of nitrogens with zero attached hydrogens (tertiary/aromatic N) is 3. The minimum absolute atomic E-state index is 0.00996. The standard InChI is InChI=1S/C12H16ClN3O2/c1-8-5-10(13)9(6-14-8)12(18)16(4)7-11(17)15(2)3/h5-6H,7H2,1-4H3. The van der Waals surface area contributed by atoms with Crippen molar-refractivity contribution in [2.45, 2.75) is 6.92 Å². The monoisotopic (exact) mass is 269 g/mol. The van der Waals surface area contributed by atoms with Crippen LogP contribution in [0, 0.1) is 6.92 Å². The van der Waals surface area contributed by atoms with E-state index >= 15 is 0 Å². The number of pyridine rings is 1. The summed E-state index contributed by atoms with van der Waals surface area (Å²) in [6, 6.07) is 1.62. The molecule has 0 aliphatic carbocycles. The highest BCUT2D eigenvalue weighted by Crippen LogP contribution is 2.17. The second-order valence-corrected chi connectivity index (χ2v) is 4.66. The Bertz CT molecular complexity index is 474. The molecule has 0 aliphatic rings. The maximum absolute atomic E-state index is 12.1. The molecular formula is C12H16ClN3O2. The van der Waals surface area contributed by atoms with Crippen molar-refractivity contribution < 1.29 is 9.59 Å². The molecule has 18 heavy (non-hydrogen) atoms. The summed E-state index contributed by atoms with van der Waals surface area (Å²) in [5, 5.41) is 0.344. The molecule has 0 atom stereocenters. The molecule has 1 rings (SSSR count). The van der Waals surface area contributed by atoms with Gasteiger partial charge in [0.15, 0.2) is 0 Å². The molecule has 0 aliphatic heterocycles. The van der Waals surface area contributed by atoms with Crippen molar-refractivity contribution in [3.05, 3.63) is 28.5 Å². The van der Waals surface area contributed by atoms with Crippen LogP contribution in [0.1, 0.15) is 16.1 Å². The predicted molar refractivity (Wildman–Crippen MR) is 69.6 cm³/mol. The first-order valence-corrected chi connectivity index (χ1v) is 5.78. The molecule has 0 spiro atoms. The predicted octanol–water partition coefficient (Wildman–Crippen LogP) is 1.20. The van der Waals surface area contributed by atoms with Crippen molar-refractivity contribution in [1.82, 2.24) is 14.8 Å². The molecule has 1 aromatic rings. The molecule has 98 valence electrons. The molecule has 6 heteroatoms. The van der Waals surface area contributed by atoms with Gasteiger partial charge < -0.3 is 9.80 Å². The lowest BCUT2D eigenvalue weighted by atomic mass is 10.2. The van der Waals surface area contributed by atoms with Gasteiger partial charge in [-0.3, -0.25) is 14.6 Å². The molecule has 0 aromatic carbocycles. The number of carbonyl (C=O) groups is 2. The second-order valence-electron chi connectivity index (χ2n) is 4.25. The lowest BCUT2D eigenvalue weighted by Gasteiger charge is -2.19. The van der Waals surface area contributed by atoms with Gasteiger partial charge in [-0.2, -0.15) is 0 Å². The first-order valence-electron chi connectivity index (χ1n) is 5.40. The molecule has 0 fully saturated rings. The summed E-state index contributed by atoms with van der Waals surface area (Å²) in [6.07, 6.45) is 1.43. The van der Waals surface area contributed by atoms with Gasteiger partial charge in [0.1, 0.15) is 0 Å². The highest BCUT2D eigenvalue weighted by molar-refractivity contribution is 6.33. The lowest BCUT2D eigenvalue weighted by Crippen LogP contribution is -2.37. The van der Waals surface area contributed by atoms with E-state index in [0.717, 1.165) is 5.69 Å². The van der Waals surface area contributed by atoms with Crippen LogP contribution in [0.5, 0.6) is 0 Å². The summed E-state index contributed by atoms with van der Waals surface area (Å²) in [5.41, 5.74) is 1.04. The summed E-state index contributed by atoms with van der Waals surface area (Å²) in [4.78, 5) is 30.4. The van der Waals surface area contributed by atoms with E-state index in [1.165, 1.54) is 16.0 Å². The van der Waals surface area contributed by atoms with Crippen molar-refractivity contribution in [2.75, 3.05) is 27.7 Å². The van der Waals surface area contributed by atoms with Gasteiger partial charge in [-0.15, -0.1) is 0 Å². The first-order chi connectivity index (χ1) is 8.32. The largest absolute Gasteiger partial charge is 0.347 e. The van der Waals surface area contributed by atoms with E-state index in [0.29, 0.717) is 10.6 Å². The van der Waals surface area contributed by atoms with Crippen LogP contribution in [-0.2, 0) is 4.79 Å². The molecular weight excluding hydrogens is 254 g/mol. The SMILES string of the molecule is Cc1cc(Cl)c(C(=O)N(C)CC(=O)N(C)C)cn1. The lowest BCUT2D eigenvalue weighted by molar-refractivity contribution is -0.129. The van der Waals surface area contributed by atoms with Crippen molar-refractivity contribution in [3.63, 3.8) is 0 Å². The minimum atomic E-state index is -0.317. The third-order valence-electron chi connectivity index (χ3n) is 2.44. The maximum Gasteiger partial charge on any atom is 0.257 e. The quantitative estimate of drug-likeness (QED) is 0.829. The molecule has 0 saturated heterocycles. The number of aromatic nitrogens is 1. The number of halogens is 1. The summed E-state index contributed by atoms with van der Waals surface area (Å²) in [6.45, 7) is 1.80. The summed E-state index contributed by atoms with van der Waals surface area (Å²) < 4.78 is 0. The third-order valence-corrected chi connectivity index (χ3v) is 2.75. The van der Waals surface area contributed by atoms with Gasteiger partial charge in [0.25, 0.3) is 5.91 Å². The molecule has 0 N–H and O–H groups in total. The third kappa shape index (κ3) is 3.43. The van der Waals surface area contributed by atoms with Crippen LogP contribution in [0.15, 0.2) is 12.3 Å². The number of carbonyl (C=O) groups excluding carboxylic acids is 2. The van der Waals surface area contributed by atoms with E-state index in [1.807, 2.05) is 0 Å². The number of likely N-dealkylation sites (N-methyl/N-ethyl adjacent to an activating group) is 2. The number of rotatable bonds is 3. The minimum Gasteiger partial charge on any atom is -0.347 e. The van der Waals surface area contributed by atoms with E-state index in [4.69, 9.17) is 11.6 Å². The first kappa shape index (κ1) is 14.4. The zero-order valence-electron chi connectivity index (χ0n) is 10.9. The van der Waals surface area contributed by atoms with Gasteiger partial charge in [0.2, 0.25) is 5.91 Å². The van der Waals surface area contributed by atoms with E-state index in [9.17, 15) is 9.59 Å². The average Bonchev–Trinajstić information content (AvgIpc) is 2.27. The molecule has 5 nitrogen and oxygen atoms in total. The molecule has 1 aromatic heterocycles. The molecule has 1 heterocycles. The van der Waals surface area contributed by atoms with E-state index in [1.54, 1.807) is 34.1 Å². The van der Waals surface area contributed by atoms with Crippen molar-refractivity contribution in [1.29, 1.82) is 0 Å². The Labute approximate surface area is 111 Å². The van der Waals surface area contributed by atoms with Crippen LogP contribution >= 0.6 is 11.6 Å². The summed E-state index contributed by atoms with van der Waals surface area (Å²) >= 11 is 5.98. The summed E-state index contributed by atoms with van der Waals surface area (Å²) in [5.74, 6) is -0.468. The summed E-state index contributed by atoms with van der Waals surface area (Å²) in [7, 11) is 4.84. The number of hydrogen-bond acceptors (Lipinski definition) is 3. The van der Waals surface area contributed by atoms with Crippen LogP contribution in [0.4, 0.5) is 0 Å². The van der Waals surface area contributed by atoms with Gasteiger partial charge in [-0.05, 0) is 13.0 Å². The topological polar surface area (TPSA) is 53.5 Å². The fourth-order valence-corrected chi connectivity index (χ4v) is 1.59. The van der Waals surface area contributed by atoms with Crippen molar-refractivity contribution in [2.24, 2.45) is 0 Å². The fourth-order valence-electron chi connectivity index (χ4n) is 1.31. The fraction of sp³-hybridized carbons (Fsp3) is 0.417. The molecule has 2 amide bonds. The van der Waals surface area contributed by atoms with Crippen molar-refractivity contribution >= 4 is 23.4 Å². The van der Waals surface area contributed by atoms with Crippen LogP contribution < -0.4 is 0 Å². The second kappa shape index (κ2) is 5.82. The van der Waals surface area contributed by atoms with E-state index in [-0.39, 0.29) is 18.4 Å². The highest BCUT2D eigenvalue weighted by Gasteiger charge is 2.18. The smallest absolute Gasteiger partial charge is 0.257 e. The molecule has 0 radical (unpaired) electrons. The Morgan fingerprint density at radius 1 is 1.33 bits per heavy atom. The van der Waals surface area contributed by atoms with Gasteiger partial charge in [0, 0.05) is 33.0 Å². The van der Waals surface area contributed by atoms with Gasteiger partial charge in [0.05, 0.1) is 17.1 Å². The zero-order valence-corrected chi connectivity index (χ0v) is 11.7. The zero-order chi connectivity index (χ0) is 13.9. The Kier molecular flexibility index (Phi) is 4.67. The van der Waals surface area contributed by atoms with Crippen LogP contribution in [0.2, 0.25) is 5.02 Å². The number of aryl methyl sites for hydroxylation is 1. The Morgan fingerprint density at radius 2 is 1.94 bits per heavy atom. The van der Waals surface area contributed by atoms with Gasteiger partial charge in [-0.1, -0.05) is 11.6 Å². The molecule has 0 bridgehead atoms. The highest BCUT2D eigenvalue weighted by atomic mass is 35.5. The molecule has 0 saturated carbocycles. The van der Waals surface area contributed by atoms with E-state index < -0.39 is 0 Å². The number of amides is 2. The van der Waals surface area contributed by atoms with Crippen LogP contribution in [-0.4, -0.2) is 54.3 Å². The Hall–Kier alpha value is -1.62. The average molecular weight is 270 g/mol. The maximum atomic E-state index is 12.1. The number of hydrogen-bond donors (Lipinski definition) is 0. The van der Waals surface area contributed by atoms with Crippen LogP contribution in [0.25, 0.3) is 0 Å². The van der Waals surface area contributed by atoms with Gasteiger partial charge in [-0.25, -0.2) is 0 Å².